The number of guanidine groups is 1. The number of hydrogen-bond acceptors (Lipinski definition) is 3. The molecular weight excluding hydrogens is 482 g/mol. The van der Waals surface area contributed by atoms with Crippen LogP contribution in [0.1, 0.15) is 12.5 Å². The second-order valence-corrected chi connectivity index (χ2v) is 6.63. The first-order valence-electron chi connectivity index (χ1n) is 8.99. The van der Waals surface area contributed by atoms with Gasteiger partial charge in [0.2, 0.25) is 0 Å². The molecule has 9 heteroatoms. The van der Waals surface area contributed by atoms with Gasteiger partial charge in [0, 0.05) is 51.4 Å². The van der Waals surface area contributed by atoms with Gasteiger partial charge in [-0.1, -0.05) is 18.2 Å². The summed E-state index contributed by atoms with van der Waals surface area (Å²) in [5.74, 6) is 0.704. The van der Waals surface area contributed by atoms with E-state index in [1.165, 1.54) is 11.8 Å². The molecular formula is C19H25F3IN5. The Morgan fingerprint density at radius 1 is 1.18 bits per heavy atom. The first-order valence-corrected chi connectivity index (χ1v) is 8.99. The van der Waals surface area contributed by atoms with Crippen molar-refractivity contribution in [2.24, 2.45) is 4.99 Å². The number of pyridine rings is 1. The van der Waals surface area contributed by atoms with Crippen molar-refractivity contribution in [2.75, 3.05) is 33.2 Å². The van der Waals surface area contributed by atoms with Crippen molar-refractivity contribution in [3.63, 3.8) is 0 Å². The molecule has 1 unspecified atom stereocenters. The van der Waals surface area contributed by atoms with Gasteiger partial charge in [-0.05, 0) is 24.6 Å². The average molecular weight is 507 g/mol. The Kier molecular flexibility index (Phi) is 7.87. The van der Waals surface area contributed by atoms with Crippen molar-refractivity contribution in [1.82, 2.24) is 20.1 Å². The predicted octanol–water partition coefficient (Wildman–Crippen LogP) is 3.50. The van der Waals surface area contributed by atoms with Crippen LogP contribution in [0, 0.1) is 0 Å². The van der Waals surface area contributed by atoms with Crippen LogP contribution in [0.5, 0.6) is 0 Å². The fraction of sp³-hybridized carbons (Fsp3) is 0.474. The topological polar surface area (TPSA) is 43.8 Å². The van der Waals surface area contributed by atoms with Crippen molar-refractivity contribution in [1.29, 1.82) is 0 Å². The van der Waals surface area contributed by atoms with Crippen LogP contribution in [0.25, 0.3) is 10.9 Å². The zero-order valence-electron chi connectivity index (χ0n) is 15.9. The molecule has 1 aliphatic rings. The smallest absolute Gasteiger partial charge is 0.352 e. The quantitative estimate of drug-likeness (QED) is 0.393. The number of nitrogens with zero attached hydrogens (tertiary/aromatic N) is 4. The minimum absolute atomic E-state index is 0. The monoisotopic (exact) mass is 507 g/mol. The summed E-state index contributed by atoms with van der Waals surface area (Å²) in [5, 5.41) is 4.40. The number of para-hydroxylation sites is 1. The van der Waals surface area contributed by atoms with Gasteiger partial charge in [-0.3, -0.25) is 14.9 Å². The molecule has 1 aromatic heterocycles. The van der Waals surface area contributed by atoms with Crippen molar-refractivity contribution < 1.29 is 13.2 Å². The van der Waals surface area contributed by atoms with Crippen LogP contribution >= 0.6 is 24.0 Å². The minimum Gasteiger partial charge on any atom is -0.352 e. The second kappa shape index (κ2) is 9.73. The van der Waals surface area contributed by atoms with E-state index in [2.05, 4.69) is 15.3 Å². The Morgan fingerprint density at radius 2 is 1.86 bits per heavy atom. The summed E-state index contributed by atoms with van der Waals surface area (Å²) in [6.07, 6.45) is -2.41. The number of aromatic nitrogens is 1. The Hall–Kier alpha value is -1.62. The lowest BCUT2D eigenvalue weighted by molar-refractivity contribution is -0.181. The fourth-order valence-electron chi connectivity index (χ4n) is 3.34. The Balaban J connectivity index is 0.00000280. The largest absolute Gasteiger partial charge is 0.403 e. The second-order valence-electron chi connectivity index (χ2n) is 6.63. The highest BCUT2D eigenvalue weighted by Crippen LogP contribution is 2.25. The summed E-state index contributed by atoms with van der Waals surface area (Å²) in [7, 11) is 1.69. The summed E-state index contributed by atoms with van der Waals surface area (Å²) < 4.78 is 38.7. The number of piperazine rings is 1. The molecule has 1 saturated heterocycles. The number of halogens is 4. The Morgan fingerprint density at radius 3 is 2.50 bits per heavy atom. The molecule has 28 heavy (non-hydrogen) atoms. The van der Waals surface area contributed by atoms with Crippen LogP contribution < -0.4 is 5.32 Å². The SMILES string of the molecule is CN=C(NCc1ccnc2ccccc12)N1CCN(C(C)C(F)(F)F)CC1.I. The zero-order chi connectivity index (χ0) is 19.4. The Labute approximate surface area is 180 Å². The maximum atomic E-state index is 12.9. The summed E-state index contributed by atoms with van der Waals surface area (Å²) in [6.45, 7) is 3.54. The van der Waals surface area contributed by atoms with E-state index in [4.69, 9.17) is 0 Å². The lowest BCUT2D eigenvalue weighted by Crippen LogP contribution is -2.56. The molecule has 2 heterocycles. The van der Waals surface area contributed by atoms with E-state index >= 15 is 0 Å². The molecule has 3 rings (SSSR count). The van der Waals surface area contributed by atoms with Gasteiger partial charge in [0.15, 0.2) is 5.96 Å². The third-order valence-electron chi connectivity index (χ3n) is 5.02. The highest BCUT2D eigenvalue weighted by molar-refractivity contribution is 14.0. The minimum atomic E-state index is -4.19. The molecule has 154 valence electrons. The number of benzene rings is 1. The zero-order valence-corrected chi connectivity index (χ0v) is 18.2. The third kappa shape index (κ3) is 5.25. The van der Waals surface area contributed by atoms with E-state index in [-0.39, 0.29) is 24.0 Å². The molecule has 0 amide bonds. The number of fused-ring (bicyclic) bond motifs is 1. The standard InChI is InChI=1S/C19H24F3N5.HI/c1-14(19(20,21)22)26-9-11-27(12-10-26)18(23-2)25-13-15-7-8-24-17-6-4-3-5-16(15)17;/h3-8,14H,9-13H2,1-2H3,(H,23,25);1H. The fourth-order valence-corrected chi connectivity index (χ4v) is 3.34. The van der Waals surface area contributed by atoms with Gasteiger partial charge in [0.25, 0.3) is 0 Å². The van der Waals surface area contributed by atoms with Crippen molar-refractivity contribution in [2.45, 2.75) is 25.7 Å². The van der Waals surface area contributed by atoms with Crippen molar-refractivity contribution in [3.8, 4) is 0 Å². The molecule has 0 radical (unpaired) electrons. The molecule has 1 aliphatic heterocycles. The molecule has 2 aromatic rings. The van der Waals surface area contributed by atoms with Gasteiger partial charge in [0.1, 0.15) is 6.04 Å². The van der Waals surface area contributed by atoms with E-state index < -0.39 is 12.2 Å². The van der Waals surface area contributed by atoms with Gasteiger partial charge in [-0.25, -0.2) is 0 Å². The number of aliphatic imine (C=N–C) groups is 1. The lowest BCUT2D eigenvalue weighted by Gasteiger charge is -2.39. The first-order chi connectivity index (χ1) is 12.9. The van der Waals surface area contributed by atoms with Gasteiger partial charge < -0.3 is 10.2 Å². The Bertz CT molecular complexity index is 798. The average Bonchev–Trinajstić information content (AvgIpc) is 2.68. The summed E-state index contributed by atoms with van der Waals surface area (Å²) in [5.41, 5.74) is 2.03. The van der Waals surface area contributed by atoms with Crippen LogP contribution in [0.3, 0.4) is 0 Å². The van der Waals surface area contributed by atoms with Gasteiger partial charge in [0.05, 0.1) is 5.52 Å². The van der Waals surface area contributed by atoms with E-state index in [9.17, 15) is 13.2 Å². The van der Waals surface area contributed by atoms with E-state index in [1.807, 2.05) is 35.2 Å². The highest BCUT2D eigenvalue weighted by Gasteiger charge is 2.41. The number of rotatable bonds is 3. The van der Waals surface area contributed by atoms with Crippen molar-refractivity contribution >= 4 is 40.8 Å². The van der Waals surface area contributed by atoms with Crippen LogP contribution in [-0.2, 0) is 6.54 Å². The van der Waals surface area contributed by atoms with Crippen LogP contribution in [0.2, 0.25) is 0 Å². The molecule has 0 spiro atoms. The molecule has 1 aromatic carbocycles. The summed E-state index contributed by atoms with van der Waals surface area (Å²) >= 11 is 0. The van der Waals surface area contributed by atoms with Gasteiger partial charge in [-0.2, -0.15) is 13.2 Å². The maximum Gasteiger partial charge on any atom is 0.403 e. The molecule has 1 N–H and O–H groups in total. The third-order valence-corrected chi connectivity index (χ3v) is 5.02. The van der Waals surface area contributed by atoms with Gasteiger partial charge >= 0.3 is 6.18 Å². The molecule has 0 bridgehead atoms. The summed E-state index contributed by atoms with van der Waals surface area (Å²) in [4.78, 5) is 12.1. The van der Waals surface area contributed by atoms with E-state index in [1.54, 1.807) is 13.2 Å². The molecule has 1 atom stereocenters. The van der Waals surface area contributed by atoms with E-state index in [0.29, 0.717) is 38.7 Å². The number of nitrogens with one attached hydrogen (secondary N) is 1. The number of alkyl halides is 3. The van der Waals surface area contributed by atoms with Crippen LogP contribution in [-0.4, -0.2) is 66.2 Å². The predicted molar refractivity (Wildman–Crippen MR) is 116 cm³/mol. The molecule has 5 nitrogen and oxygen atoms in total. The summed E-state index contributed by atoms with van der Waals surface area (Å²) in [6, 6.07) is 8.47. The van der Waals surface area contributed by atoms with Gasteiger partial charge in [-0.15, -0.1) is 24.0 Å². The van der Waals surface area contributed by atoms with Crippen molar-refractivity contribution in [3.05, 3.63) is 42.1 Å². The highest BCUT2D eigenvalue weighted by atomic mass is 127. The molecule has 1 fully saturated rings. The van der Waals surface area contributed by atoms with Crippen LogP contribution in [0.15, 0.2) is 41.5 Å². The maximum absolute atomic E-state index is 12.9. The number of hydrogen-bond donors (Lipinski definition) is 1. The molecule has 0 aliphatic carbocycles. The molecule has 0 saturated carbocycles. The van der Waals surface area contributed by atoms with E-state index in [0.717, 1.165) is 16.5 Å². The normalized spacial score (nSPS) is 17.3. The van der Waals surface area contributed by atoms with Crippen LogP contribution in [0.4, 0.5) is 13.2 Å². The first kappa shape index (κ1) is 22.7. The lowest BCUT2D eigenvalue weighted by atomic mass is 10.1.